The predicted octanol–water partition coefficient (Wildman–Crippen LogP) is 6.29. The third kappa shape index (κ3) is 4.00. The molecule has 1 aliphatic rings. The van der Waals surface area contributed by atoms with E-state index in [-0.39, 0.29) is 25.3 Å². The quantitative estimate of drug-likeness (QED) is 0.520. The van der Waals surface area contributed by atoms with E-state index in [4.69, 9.17) is 4.74 Å². The van der Waals surface area contributed by atoms with Crippen LogP contribution in [-0.2, 0) is 6.42 Å². The zero-order chi connectivity index (χ0) is 18.1. The van der Waals surface area contributed by atoms with Gasteiger partial charge < -0.3 is 4.74 Å². The molecule has 0 atom stereocenters. The molecule has 0 radical (unpaired) electrons. The first-order chi connectivity index (χ1) is 11.8. The maximum absolute atomic E-state index is 13.8. The Hall–Kier alpha value is -1.56. The molecule has 0 aliphatic heterocycles. The molecule has 0 bridgehead atoms. The third-order valence-electron chi connectivity index (χ3n) is 4.75. The van der Waals surface area contributed by atoms with Gasteiger partial charge in [-0.05, 0) is 54.3 Å². The highest BCUT2D eigenvalue weighted by Gasteiger charge is 2.58. The van der Waals surface area contributed by atoms with Crippen LogP contribution < -0.4 is 4.74 Å². The van der Waals surface area contributed by atoms with E-state index in [1.807, 2.05) is 0 Å². The molecule has 2 aromatic rings. The highest BCUT2D eigenvalue weighted by molar-refractivity contribution is 9.10. The Balaban J connectivity index is 1.64. The first-order valence-electron chi connectivity index (χ1n) is 8.01. The Morgan fingerprint density at radius 2 is 1.72 bits per heavy atom. The van der Waals surface area contributed by atoms with Crippen molar-refractivity contribution in [2.45, 2.75) is 31.9 Å². The number of benzene rings is 2. The van der Waals surface area contributed by atoms with Crippen molar-refractivity contribution in [3.63, 3.8) is 0 Å². The van der Waals surface area contributed by atoms with Gasteiger partial charge in [0.2, 0.25) is 0 Å². The van der Waals surface area contributed by atoms with Gasteiger partial charge in [0, 0.05) is 10.9 Å². The van der Waals surface area contributed by atoms with Crippen LogP contribution >= 0.6 is 15.9 Å². The van der Waals surface area contributed by atoms with Gasteiger partial charge in [0.25, 0.3) is 0 Å². The Bertz CT molecular complexity index is 736. The van der Waals surface area contributed by atoms with E-state index in [1.165, 1.54) is 6.07 Å². The molecule has 0 aromatic heterocycles. The Morgan fingerprint density at radius 1 is 1.04 bits per heavy atom. The average Bonchev–Trinajstić information content (AvgIpc) is 2.50. The van der Waals surface area contributed by atoms with Gasteiger partial charge >= 0.3 is 6.18 Å². The lowest BCUT2D eigenvalue weighted by Gasteiger charge is -2.42. The van der Waals surface area contributed by atoms with Crippen molar-refractivity contribution in [3.05, 3.63) is 63.9 Å². The minimum Gasteiger partial charge on any atom is -0.493 e. The summed E-state index contributed by atoms with van der Waals surface area (Å²) in [6.45, 7) is -0.351. The topological polar surface area (TPSA) is 9.23 Å². The standard InChI is InChI=1S/C19H17BrF4O/c20-15-4-7-17(21)14(11-15)10-13-2-5-16(6-3-13)25-12-18(8-1-9-18)19(22,23)24/h2-7,11H,1,8-10,12H2. The molecule has 1 saturated carbocycles. The van der Waals surface area contributed by atoms with E-state index in [1.54, 1.807) is 36.4 Å². The van der Waals surface area contributed by atoms with E-state index in [9.17, 15) is 17.6 Å². The fraction of sp³-hybridized carbons (Fsp3) is 0.368. The molecule has 25 heavy (non-hydrogen) atoms. The van der Waals surface area contributed by atoms with E-state index in [2.05, 4.69) is 15.9 Å². The number of halogens is 5. The summed E-state index contributed by atoms with van der Waals surface area (Å²) in [5.41, 5.74) is -0.294. The molecule has 1 nitrogen and oxygen atoms in total. The molecular formula is C19H17BrF4O. The second-order valence-electron chi connectivity index (χ2n) is 6.48. The average molecular weight is 417 g/mol. The molecule has 0 spiro atoms. The van der Waals surface area contributed by atoms with Crippen molar-refractivity contribution < 1.29 is 22.3 Å². The van der Waals surface area contributed by atoms with Crippen LogP contribution in [0.15, 0.2) is 46.9 Å². The third-order valence-corrected chi connectivity index (χ3v) is 5.25. The maximum Gasteiger partial charge on any atom is 0.397 e. The molecule has 1 aliphatic carbocycles. The summed E-state index contributed by atoms with van der Waals surface area (Å²) < 4.78 is 59.3. The highest BCUT2D eigenvalue weighted by atomic mass is 79.9. The lowest BCUT2D eigenvalue weighted by molar-refractivity contribution is -0.259. The van der Waals surface area contributed by atoms with Crippen molar-refractivity contribution >= 4 is 15.9 Å². The van der Waals surface area contributed by atoms with E-state index >= 15 is 0 Å². The largest absolute Gasteiger partial charge is 0.493 e. The van der Waals surface area contributed by atoms with Gasteiger partial charge in [-0.3, -0.25) is 0 Å². The predicted molar refractivity (Wildman–Crippen MR) is 91.2 cm³/mol. The first-order valence-corrected chi connectivity index (χ1v) is 8.81. The normalized spacial score (nSPS) is 16.4. The molecule has 2 aromatic carbocycles. The monoisotopic (exact) mass is 416 g/mol. The van der Waals surface area contributed by atoms with E-state index in [0.29, 0.717) is 24.2 Å². The number of ether oxygens (including phenoxy) is 1. The van der Waals surface area contributed by atoms with Gasteiger partial charge in [-0.15, -0.1) is 0 Å². The van der Waals surface area contributed by atoms with Crippen LogP contribution in [0.25, 0.3) is 0 Å². The van der Waals surface area contributed by atoms with Crippen molar-refractivity contribution in [2.24, 2.45) is 5.41 Å². The molecule has 1 fully saturated rings. The summed E-state index contributed by atoms with van der Waals surface area (Å²) in [4.78, 5) is 0. The van der Waals surface area contributed by atoms with Gasteiger partial charge in [0.1, 0.15) is 18.2 Å². The summed E-state index contributed by atoms with van der Waals surface area (Å²) in [5, 5.41) is 0. The van der Waals surface area contributed by atoms with Crippen molar-refractivity contribution in [2.75, 3.05) is 6.61 Å². The summed E-state index contributed by atoms with van der Waals surface area (Å²) in [7, 11) is 0. The number of hydrogen-bond donors (Lipinski definition) is 0. The fourth-order valence-corrected chi connectivity index (χ4v) is 3.35. The lowest BCUT2D eigenvalue weighted by Crippen LogP contribution is -2.48. The molecule has 0 unspecified atom stereocenters. The van der Waals surface area contributed by atoms with E-state index in [0.717, 1.165) is 10.0 Å². The van der Waals surface area contributed by atoms with Gasteiger partial charge in [0.15, 0.2) is 0 Å². The van der Waals surface area contributed by atoms with Crippen LogP contribution in [0.4, 0.5) is 17.6 Å². The van der Waals surface area contributed by atoms with Crippen molar-refractivity contribution in [3.8, 4) is 5.75 Å². The lowest BCUT2D eigenvalue weighted by atomic mass is 9.69. The highest BCUT2D eigenvalue weighted by Crippen LogP contribution is 2.53. The number of hydrogen-bond acceptors (Lipinski definition) is 1. The van der Waals surface area contributed by atoms with Crippen LogP contribution in [0.1, 0.15) is 30.4 Å². The Kier molecular flexibility index (Phi) is 5.09. The molecule has 134 valence electrons. The van der Waals surface area contributed by atoms with Gasteiger partial charge in [-0.1, -0.05) is 34.5 Å². The summed E-state index contributed by atoms with van der Waals surface area (Å²) >= 11 is 3.31. The number of rotatable bonds is 5. The smallest absolute Gasteiger partial charge is 0.397 e. The maximum atomic E-state index is 13.8. The Labute approximate surface area is 152 Å². The van der Waals surface area contributed by atoms with Crippen molar-refractivity contribution in [1.82, 2.24) is 0 Å². The van der Waals surface area contributed by atoms with Crippen LogP contribution in [0.2, 0.25) is 0 Å². The molecule has 0 amide bonds. The summed E-state index contributed by atoms with van der Waals surface area (Å²) in [6, 6.07) is 11.5. The molecule has 0 heterocycles. The SMILES string of the molecule is Fc1ccc(Br)cc1Cc1ccc(OCC2(C(F)(F)F)CCC2)cc1. The minimum absolute atomic E-state index is 0.122. The van der Waals surface area contributed by atoms with E-state index < -0.39 is 11.6 Å². The molecule has 6 heteroatoms. The fourth-order valence-electron chi connectivity index (χ4n) is 2.94. The minimum atomic E-state index is -4.23. The molecular weight excluding hydrogens is 400 g/mol. The van der Waals surface area contributed by atoms with Gasteiger partial charge in [-0.25, -0.2) is 4.39 Å². The zero-order valence-electron chi connectivity index (χ0n) is 13.4. The van der Waals surface area contributed by atoms with Crippen molar-refractivity contribution in [1.29, 1.82) is 0 Å². The van der Waals surface area contributed by atoms with Crippen LogP contribution in [-0.4, -0.2) is 12.8 Å². The molecule has 0 saturated heterocycles. The second kappa shape index (κ2) is 6.98. The summed E-state index contributed by atoms with van der Waals surface area (Å²) in [5.74, 6) is 0.106. The molecule has 0 N–H and O–H groups in total. The number of alkyl halides is 3. The zero-order valence-corrected chi connectivity index (χ0v) is 15.0. The second-order valence-corrected chi connectivity index (χ2v) is 7.39. The molecule has 3 rings (SSSR count). The van der Waals surface area contributed by atoms with Crippen LogP contribution in [0, 0.1) is 11.2 Å². The van der Waals surface area contributed by atoms with Gasteiger partial charge in [-0.2, -0.15) is 13.2 Å². The summed E-state index contributed by atoms with van der Waals surface area (Å²) in [6.07, 6.45) is -3.01. The van der Waals surface area contributed by atoms with Gasteiger partial charge in [0.05, 0.1) is 5.41 Å². The van der Waals surface area contributed by atoms with Crippen LogP contribution in [0.3, 0.4) is 0 Å². The Morgan fingerprint density at radius 3 is 2.28 bits per heavy atom. The first kappa shape index (κ1) is 18.2. The van der Waals surface area contributed by atoms with Crippen LogP contribution in [0.5, 0.6) is 5.75 Å².